The molecule has 0 amide bonds. The van der Waals surface area contributed by atoms with Crippen molar-refractivity contribution in [1.29, 1.82) is 0 Å². The lowest BCUT2D eigenvalue weighted by Crippen LogP contribution is -2.12. The van der Waals surface area contributed by atoms with Crippen LogP contribution in [-0.2, 0) is 6.54 Å². The summed E-state index contributed by atoms with van der Waals surface area (Å²) in [5, 5.41) is 3.40. The first-order chi connectivity index (χ1) is 8.56. The predicted octanol–water partition coefficient (Wildman–Crippen LogP) is 4.03. The van der Waals surface area contributed by atoms with E-state index in [1.165, 1.54) is 0 Å². The fraction of sp³-hybridized carbons (Fsp3) is 0.286. The summed E-state index contributed by atoms with van der Waals surface area (Å²) < 4.78 is 6.61. The maximum absolute atomic E-state index is 5.55. The zero-order valence-corrected chi connectivity index (χ0v) is 12.4. The number of hydrogen-bond acceptors (Lipinski definition) is 3. The van der Waals surface area contributed by atoms with E-state index in [9.17, 15) is 0 Å². The Balaban J connectivity index is 2.15. The number of anilines is 2. The van der Waals surface area contributed by atoms with Crippen molar-refractivity contribution in [2.24, 2.45) is 0 Å². The first-order valence-corrected chi connectivity index (χ1v) is 6.61. The minimum Gasteiger partial charge on any atom is -0.465 e. The van der Waals surface area contributed by atoms with Crippen molar-refractivity contribution in [2.75, 3.05) is 24.3 Å². The van der Waals surface area contributed by atoms with Gasteiger partial charge in [0.15, 0.2) is 0 Å². The highest BCUT2D eigenvalue weighted by Gasteiger charge is 2.06. The van der Waals surface area contributed by atoms with E-state index in [0.29, 0.717) is 6.54 Å². The van der Waals surface area contributed by atoms with Crippen molar-refractivity contribution < 1.29 is 4.42 Å². The molecule has 1 heterocycles. The molecule has 18 heavy (non-hydrogen) atoms. The number of hydrogen-bond donors (Lipinski definition) is 1. The number of halogens is 1. The van der Waals surface area contributed by atoms with Crippen LogP contribution in [0.3, 0.4) is 0 Å². The Morgan fingerprint density at radius 1 is 1.22 bits per heavy atom. The van der Waals surface area contributed by atoms with E-state index in [4.69, 9.17) is 4.42 Å². The van der Waals surface area contributed by atoms with E-state index in [1.54, 1.807) is 0 Å². The minimum absolute atomic E-state index is 0.686. The topological polar surface area (TPSA) is 28.4 Å². The highest BCUT2D eigenvalue weighted by Crippen LogP contribution is 2.28. The van der Waals surface area contributed by atoms with E-state index in [2.05, 4.69) is 38.3 Å². The van der Waals surface area contributed by atoms with E-state index in [0.717, 1.165) is 27.4 Å². The normalized spacial score (nSPS) is 10.4. The van der Waals surface area contributed by atoms with Gasteiger partial charge < -0.3 is 14.6 Å². The lowest BCUT2D eigenvalue weighted by molar-refractivity contribution is 0.490. The summed E-state index contributed by atoms with van der Waals surface area (Å²) >= 11 is 3.49. The number of furan rings is 1. The van der Waals surface area contributed by atoms with Crippen LogP contribution >= 0.6 is 15.9 Å². The van der Waals surface area contributed by atoms with Crippen LogP contribution in [0, 0.1) is 6.92 Å². The Hall–Kier alpha value is -1.42. The molecule has 0 atom stereocenters. The van der Waals surface area contributed by atoms with E-state index >= 15 is 0 Å². The fourth-order valence-corrected chi connectivity index (χ4v) is 2.16. The molecule has 0 radical (unpaired) electrons. The van der Waals surface area contributed by atoms with Gasteiger partial charge in [-0.05, 0) is 37.3 Å². The third-order valence-corrected chi connectivity index (χ3v) is 3.18. The van der Waals surface area contributed by atoms with Gasteiger partial charge in [0, 0.05) is 18.6 Å². The molecule has 1 N–H and O–H groups in total. The van der Waals surface area contributed by atoms with Crippen molar-refractivity contribution in [3.05, 3.63) is 46.3 Å². The monoisotopic (exact) mass is 308 g/mol. The number of benzene rings is 1. The van der Waals surface area contributed by atoms with Crippen LogP contribution in [0.4, 0.5) is 11.4 Å². The lowest BCUT2D eigenvalue weighted by atomic mass is 10.2. The van der Waals surface area contributed by atoms with Crippen LogP contribution in [0.2, 0.25) is 0 Å². The van der Waals surface area contributed by atoms with Gasteiger partial charge in [-0.15, -0.1) is 0 Å². The van der Waals surface area contributed by atoms with Crippen LogP contribution in [0.15, 0.2) is 39.2 Å². The standard InChI is InChI=1S/C14H17BrN2O/c1-10-4-6-12(18-10)9-16-13-8-11(15)5-7-14(13)17(2)3/h4-8,16H,9H2,1-3H3. The number of rotatable bonds is 4. The highest BCUT2D eigenvalue weighted by atomic mass is 79.9. The first kappa shape index (κ1) is 13.0. The molecule has 0 fully saturated rings. The van der Waals surface area contributed by atoms with Crippen LogP contribution in [0.1, 0.15) is 11.5 Å². The molecule has 96 valence electrons. The molecular weight excluding hydrogens is 292 g/mol. The van der Waals surface area contributed by atoms with Gasteiger partial charge in [-0.2, -0.15) is 0 Å². The van der Waals surface area contributed by atoms with Crippen LogP contribution in [0.5, 0.6) is 0 Å². The Bertz CT molecular complexity index is 534. The molecule has 0 aliphatic rings. The Labute approximate surface area is 116 Å². The Morgan fingerprint density at radius 3 is 2.61 bits per heavy atom. The third kappa shape index (κ3) is 3.07. The quantitative estimate of drug-likeness (QED) is 0.924. The van der Waals surface area contributed by atoms with Crippen molar-refractivity contribution in [1.82, 2.24) is 0 Å². The molecule has 1 aromatic carbocycles. The zero-order chi connectivity index (χ0) is 13.1. The van der Waals surface area contributed by atoms with Crippen LogP contribution in [0.25, 0.3) is 0 Å². The lowest BCUT2D eigenvalue weighted by Gasteiger charge is -2.18. The molecule has 0 aliphatic heterocycles. The van der Waals surface area contributed by atoms with Gasteiger partial charge in [-0.1, -0.05) is 15.9 Å². The molecule has 3 nitrogen and oxygen atoms in total. The maximum atomic E-state index is 5.55. The highest BCUT2D eigenvalue weighted by molar-refractivity contribution is 9.10. The second-order valence-corrected chi connectivity index (χ2v) is 5.34. The number of aryl methyl sites for hydroxylation is 1. The maximum Gasteiger partial charge on any atom is 0.123 e. The largest absolute Gasteiger partial charge is 0.465 e. The van der Waals surface area contributed by atoms with E-state index < -0.39 is 0 Å². The number of nitrogens with one attached hydrogen (secondary N) is 1. The summed E-state index contributed by atoms with van der Waals surface area (Å²) in [4.78, 5) is 2.09. The van der Waals surface area contributed by atoms with Gasteiger partial charge in [0.1, 0.15) is 11.5 Å². The summed E-state index contributed by atoms with van der Waals surface area (Å²) in [5.74, 6) is 1.88. The van der Waals surface area contributed by atoms with Gasteiger partial charge in [0.05, 0.1) is 17.9 Å². The first-order valence-electron chi connectivity index (χ1n) is 5.82. The fourth-order valence-electron chi connectivity index (χ4n) is 1.80. The SMILES string of the molecule is Cc1ccc(CNc2cc(Br)ccc2N(C)C)o1. The summed E-state index contributed by atoms with van der Waals surface area (Å²) in [6.07, 6.45) is 0. The third-order valence-electron chi connectivity index (χ3n) is 2.69. The average Bonchev–Trinajstić information content (AvgIpc) is 2.72. The van der Waals surface area contributed by atoms with Crippen molar-refractivity contribution in [3.63, 3.8) is 0 Å². The summed E-state index contributed by atoms with van der Waals surface area (Å²) in [6.45, 7) is 2.64. The number of nitrogens with zero attached hydrogens (tertiary/aromatic N) is 1. The predicted molar refractivity (Wildman–Crippen MR) is 79.2 cm³/mol. The van der Waals surface area contributed by atoms with Gasteiger partial charge >= 0.3 is 0 Å². The second kappa shape index (κ2) is 5.48. The van der Waals surface area contributed by atoms with Crippen molar-refractivity contribution in [2.45, 2.75) is 13.5 Å². The molecular formula is C14H17BrN2O. The molecule has 4 heteroatoms. The van der Waals surface area contributed by atoms with Gasteiger partial charge in [-0.25, -0.2) is 0 Å². The van der Waals surface area contributed by atoms with Crippen molar-refractivity contribution in [3.8, 4) is 0 Å². The molecule has 2 aromatic rings. The van der Waals surface area contributed by atoms with E-state index in [1.807, 2.05) is 39.2 Å². The molecule has 2 rings (SSSR count). The van der Waals surface area contributed by atoms with Gasteiger partial charge in [0.25, 0.3) is 0 Å². The molecule has 0 spiro atoms. The van der Waals surface area contributed by atoms with E-state index in [-0.39, 0.29) is 0 Å². The molecule has 0 unspecified atom stereocenters. The van der Waals surface area contributed by atoms with Crippen LogP contribution < -0.4 is 10.2 Å². The molecule has 1 aromatic heterocycles. The average molecular weight is 309 g/mol. The van der Waals surface area contributed by atoms with Gasteiger partial charge in [0.2, 0.25) is 0 Å². The zero-order valence-electron chi connectivity index (χ0n) is 10.8. The second-order valence-electron chi connectivity index (χ2n) is 4.42. The van der Waals surface area contributed by atoms with Crippen molar-refractivity contribution >= 4 is 27.3 Å². The molecule has 0 bridgehead atoms. The molecule has 0 aliphatic carbocycles. The van der Waals surface area contributed by atoms with Gasteiger partial charge in [-0.3, -0.25) is 0 Å². The smallest absolute Gasteiger partial charge is 0.123 e. The summed E-state index contributed by atoms with van der Waals surface area (Å²) in [5.41, 5.74) is 2.24. The molecule has 0 saturated heterocycles. The van der Waals surface area contributed by atoms with Crippen LogP contribution in [-0.4, -0.2) is 14.1 Å². The minimum atomic E-state index is 0.686. The Kier molecular flexibility index (Phi) is 3.97. The molecule has 0 saturated carbocycles. The Morgan fingerprint density at radius 2 is 2.00 bits per heavy atom. The summed E-state index contributed by atoms with van der Waals surface area (Å²) in [6, 6.07) is 10.2. The summed E-state index contributed by atoms with van der Waals surface area (Å²) in [7, 11) is 4.07.